The Kier molecular flexibility index (Phi) is 2.90. The van der Waals surface area contributed by atoms with Gasteiger partial charge in [0.1, 0.15) is 0 Å². The van der Waals surface area contributed by atoms with Crippen molar-refractivity contribution in [1.82, 2.24) is 24.4 Å². The summed E-state index contributed by atoms with van der Waals surface area (Å²) in [6.45, 7) is 2.57. The Balaban J connectivity index is 1.94. The first-order valence-electron chi connectivity index (χ1n) is 5.95. The molecule has 3 aromatic heterocycles. The third kappa shape index (κ3) is 2.23. The van der Waals surface area contributed by atoms with E-state index in [4.69, 9.17) is 0 Å². The zero-order valence-corrected chi connectivity index (χ0v) is 11.4. The lowest BCUT2D eigenvalue weighted by Crippen LogP contribution is -2.14. The number of anilines is 1. The molecule has 0 aliphatic heterocycles. The van der Waals surface area contributed by atoms with Crippen molar-refractivity contribution in [3.8, 4) is 0 Å². The van der Waals surface area contributed by atoms with Gasteiger partial charge < -0.3 is 0 Å². The van der Waals surface area contributed by atoms with Gasteiger partial charge in [0.25, 0.3) is 15.2 Å². The Morgan fingerprint density at radius 1 is 1.35 bits per heavy atom. The van der Waals surface area contributed by atoms with Gasteiger partial charge in [0, 0.05) is 18.9 Å². The van der Waals surface area contributed by atoms with Gasteiger partial charge in [0.15, 0.2) is 5.65 Å². The molecule has 0 atom stereocenters. The van der Waals surface area contributed by atoms with E-state index in [0.29, 0.717) is 17.9 Å². The van der Waals surface area contributed by atoms with Gasteiger partial charge in [-0.05, 0) is 19.1 Å². The van der Waals surface area contributed by atoms with Crippen LogP contribution in [0.4, 0.5) is 5.69 Å². The van der Waals surface area contributed by atoms with Gasteiger partial charge in [-0.15, -0.1) is 5.10 Å². The van der Waals surface area contributed by atoms with Crippen molar-refractivity contribution in [3.63, 3.8) is 0 Å². The minimum Gasteiger partial charge on any atom is -0.274 e. The van der Waals surface area contributed by atoms with Crippen LogP contribution < -0.4 is 4.72 Å². The van der Waals surface area contributed by atoms with Crippen molar-refractivity contribution in [2.45, 2.75) is 18.6 Å². The van der Waals surface area contributed by atoms with E-state index < -0.39 is 10.0 Å². The molecule has 0 saturated carbocycles. The number of hydrogen-bond acceptors (Lipinski definition) is 5. The van der Waals surface area contributed by atoms with Crippen molar-refractivity contribution >= 4 is 21.4 Å². The second-order valence-corrected chi connectivity index (χ2v) is 5.66. The minimum atomic E-state index is -3.82. The first kappa shape index (κ1) is 12.6. The second kappa shape index (κ2) is 4.60. The van der Waals surface area contributed by atoms with Crippen molar-refractivity contribution < 1.29 is 8.42 Å². The molecule has 104 valence electrons. The van der Waals surface area contributed by atoms with E-state index in [0.717, 1.165) is 0 Å². The number of rotatable bonds is 4. The molecule has 20 heavy (non-hydrogen) atoms. The smallest absolute Gasteiger partial charge is 0.274 e. The number of aromatic nitrogens is 5. The van der Waals surface area contributed by atoms with Crippen molar-refractivity contribution in [1.29, 1.82) is 0 Å². The van der Waals surface area contributed by atoms with E-state index in [-0.39, 0.29) is 5.16 Å². The lowest BCUT2D eigenvalue weighted by molar-refractivity contribution is 0.592. The fourth-order valence-corrected chi connectivity index (χ4v) is 2.63. The Labute approximate surface area is 115 Å². The van der Waals surface area contributed by atoms with Crippen molar-refractivity contribution in [3.05, 3.63) is 36.8 Å². The highest BCUT2D eigenvalue weighted by molar-refractivity contribution is 7.92. The molecular weight excluding hydrogens is 280 g/mol. The number of pyridine rings is 1. The van der Waals surface area contributed by atoms with E-state index in [9.17, 15) is 8.42 Å². The van der Waals surface area contributed by atoms with Crippen LogP contribution in [0.2, 0.25) is 0 Å². The number of aryl methyl sites for hydroxylation is 1. The number of nitrogens with one attached hydrogen (secondary N) is 1. The van der Waals surface area contributed by atoms with E-state index >= 15 is 0 Å². The average molecular weight is 292 g/mol. The van der Waals surface area contributed by atoms with Crippen molar-refractivity contribution in [2.75, 3.05) is 4.72 Å². The monoisotopic (exact) mass is 292 g/mol. The summed E-state index contributed by atoms with van der Waals surface area (Å²) in [6.07, 6.45) is 4.68. The van der Waals surface area contributed by atoms with Crippen LogP contribution in [-0.4, -0.2) is 32.8 Å². The van der Waals surface area contributed by atoms with E-state index in [1.165, 1.54) is 10.7 Å². The van der Waals surface area contributed by atoms with Crippen LogP contribution in [0.25, 0.3) is 5.65 Å². The zero-order chi connectivity index (χ0) is 14.2. The Bertz CT molecular complexity index is 818. The predicted octanol–water partition coefficient (Wildman–Crippen LogP) is 0.746. The number of hydrogen-bond donors (Lipinski definition) is 1. The van der Waals surface area contributed by atoms with Gasteiger partial charge in [0.2, 0.25) is 0 Å². The van der Waals surface area contributed by atoms with Gasteiger partial charge in [-0.25, -0.2) is 4.52 Å². The summed E-state index contributed by atoms with van der Waals surface area (Å²) in [5, 5.41) is 7.66. The van der Waals surface area contributed by atoms with Crippen LogP contribution in [-0.2, 0) is 16.6 Å². The molecular formula is C11H12N6O2S. The third-order valence-corrected chi connectivity index (χ3v) is 3.83. The number of sulfonamides is 1. The molecule has 0 saturated heterocycles. The van der Waals surface area contributed by atoms with Crippen molar-refractivity contribution in [2.24, 2.45) is 0 Å². The maximum atomic E-state index is 12.2. The minimum absolute atomic E-state index is 0.270. The number of nitrogens with zero attached hydrogens (tertiary/aromatic N) is 5. The summed E-state index contributed by atoms with van der Waals surface area (Å²) >= 11 is 0. The second-order valence-electron chi connectivity index (χ2n) is 4.09. The molecule has 0 spiro atoms. The van der Waals surface area contributed by atoms with Crippen LogP contribution in [0.3, 0.4) is 0 Å². The number of fused-ring (bicyclic) bond motifs is 1. The Morgan fingerprint density at radius 3 is 2.90 bits per heavy atom. The fourth-order valence-electron chi connectivity index (χ4n) is 1.71. The lowest BCUT2D eigenvalue weighted by atomic mass is 10.5. The molecule has 0 aliphatic carbocycles. The van der Waals surface area contributed by atoms with E-state index in [1.54, 1.807) is 35.3 Å². The molecule has 3 aromatic rings. The standard InChI is InChI=1S/C11H12N6O2S/c1-2-16-8-9(7-12-16)15-20(18,19)11-13-10-5-3-4-6-17(10)14-11/h3-8,15H,2H2,1H3. The first-order valence-corrected chi connectivity index (χ1v) is 7.43. The van der Waals surface area contributed by atoms with Crippen LogP contribution in [0.15, 0.2) is 41.9 Å². The van der Waals surface area contributed by atoms with Gasteiger partial charge in [-0.1, -0.05) is 6.07 Å². The van der Waals surface area contributed by atoms with Crippen LogP contribution >= 0.6 is 0 Å². The predicted molar refractivity (Wildman–Crippen MR) is 71.7 cm³/mol. The summed E-state index contributed by atoms with van der Waals surface area (Å²) in [4.78, 5) is 3.98. The highest BCUT2D eigenvalue weighted by atomic mass is 32.2. The molecule has 0 radical (unpaired) electrons. The molecule has 9 heteroatoms. The molecule has 8 nitrogen and oxygen atoms in total. The fraction of sp³-hybridized carbons (Fsp3) is 0.182. The highest BCUT2D eigenvalue weighted by Gasteiger charge is 2.21. The Hall–Kier alpha value is -2.42. The molecule has 0 aliphatic rings. The van der Waals surface area contributed by atoms with Gasteiger partial charge in [0.05, 0.1) is 11.9 Å². The van der Waals surface area contributed by atoms with Gasteiger partial charge in [-0.3, -0.25) is 9.40 Å². The molecule has 0 fully saturated rings. The van der Waals surface area contributed by atoms with Crippen LogP contribution in [0.1, 0.15) is 6.92 Å². The van der Waals surface area contributed by atoms with E-state index in [1.807, 2.05) is 6.92 Å². The average Bonchev–Trinajstić information content (AvgIpc) is 3.04. The molecule has 0 amide bonds. The third-order valence-electron chi connectivity index (χ3n) is 2.67. The molecule has 3 rings (SSSR count). The molecule has 0 unspecified atom stereocenters. The first-order chi connectivity index (χ1) is 9.58. The maximum Gasteiger partial charge on any atom is 0.299 e. The lowest BCUT2D eigenvalue weighted by Gasteiger charge is -2.00. The maximum absolute atomic E-state index is 12.2. The summed E-state index contributed by atoms with van der Waals surface area (Å²) in [5.74, 6) is 0. The van der Waals surface area contributed by atoms with Gasteiger partial charge in [-0.2, -0.15) is 18.5 Å². The topological polar surface area (TPSA) is 94.2 Å². The van der Waals surface area contributed by atoms with Crippen LogP contribution in [0.5, 0.6) is 0 Å². The summed E-state index contributed by atoms with van der Waals surface area (Å²) in [7, 11) is -3.82. The molecule has 1 N–H and O–H groups in total. The van der Waals surface area contributed by atoms with Crippen LogP contribution in [0, 0.1) is 0 Å². The summed E-state index contributed by atoms with van der Waals surface area (Å²) in [5.41, 5.74) is 0.850. The molecule has 0 bridgehead atoms. The molecule has 0 aromatic carbocycles. The SMILES string of the molecule is CCn1cc(NS(=O)(=O)c2nc3ccccn3n2)cn1. The largest absolute Gasteiger partial charge is 0.299 e. The summed E-state index contributed by atoms with van der Waals surface area (Å²) in [6, 6.07) is 5.19. The summed E-state index contributed by atoms with van der Waals surface area (Å²) < 4.78 is 29.8. The quantitative estimate of drug-likeness (QED) is 0.765. The highest BCUT2D eigenvalue weighted by Crippen LogP contribution is 2.13. The zero-order valence-electron chi connectivity index (χ0n) is 10.6. The van der Waals surface area contributed by atoms with E-state index in [2.05, 4.69) is 19.9 Å². The van der Waals surface area contributed by atoms with Gasteiger partial charge >= 0.3 is 0 Å². The normalized spacial score (nSPS) is 11.8. The molecule has 3 heterocycles. The Morgan fingerprint density at radius 2 is 2.20 bits per heavy atom.